The third-order valence-electron chi connectivity index (χ3n) is 3.24. The fraction of sp³-hybridized carbons (Fsp3) is 0.316. The van der Waals surface area contributed by atoms with E-state index in [-0.39, 0.29) is 18.5 Å². The third-order valence-corrected chi connectivity index (χ3v) is 3.24. The molecule has 0 unspecified atom stereocenters. The van der Waals surface area contributed by atoms with Gasteiger partial charge in [0, 0.05) is 24.2 Å². The van der Waals surface area contributed by atoms with Crippen molar-refractivity contribution in [3.63, 3.8) is 0 Å². The van der Waals surface area contributed by atoms with E-state index in [0.717, 1.165) is 17.9 Å². The number of amides is 1. The van der Waals surface area contributed by atoms with E-state index >= 15 is 0 Å². The number of carbonyl (C=O) groups is 1. The van der Waals surface area contributed by atoms with E-state index in [4.69, 9.17) is 4.74 Å². The van der Waals surface area contributed by atoms with Gasteiger partial charge < -0.3 is 15.4 Å². The molecule has 2 rings (SSSR count). The van der Waals surface area contributed by atoms with Crippen molar-refractivity contribution in [1.29, 1.82) is 0 Å². The molecule has 2 aromatic carbocycles. The molecule has 0 heterocycles. The second-order valence-electron chi connectivity index (χ2n) is 5.69. The van der Waals surface area contributed by atoms with E-state index in [0.29, 0.717) is 6.61 Å². The van der Waals surface area contributed by atoms with E-state index in [1.807, 2.05) is 56.3 Å². The molecule has 2 aromatic rings. The number of ether oxygens (including phenoxy) is 1. The van der Waals surface area contributed by atoms with Crippen molar-refractivity contribution in [3.05, 3.63) is 60.2 Å². The average molecular weight is 312 g/mol. The van der Waals surface area contributed by atoms with Crippen LogP contribution in [0.2, 0.25) is 0 Å². The highest BCUT2D eigenvalue weighted by atomic mass is 16.5. The first-order chi connectivity index (χ1) is 11.1. The number of hydrogen-bond donors (Lipinski definition) is 2. The predicted molar refractivity (Wildman–Crippen MR) is 93.9 cm³/mol. The summed E-state index contributed by atoms with van der Waals surface area (Å²) < 4.78 is 5.78. The molecule has 0 bridgehead atoms. The zero-order valence-corrected chi connectivity index (χ0v) is 13.7. The zero-order chi connectivity index (χ0) is 16.5. The Labute approximate surface area is 137 Å². The quantitative estimate of drug-likeness (QED) is 0.787. The average Bonchev–Trinajstić information content (AvgIpc) is 2.54. The summed E-state index contributed by atoms with van der Waals surface area (Å²) in [6.07, 6.45) is 0.870. The maximum atomic E-state index is 11.6. The zero-order valence-electron chi connectivity index (χ0n) is 13.7. The minimum absolute atomic E-state index is 0.0181. The normalized spacial score (nSPS) is 10.4. The standard InChI is InChI=1S/C19H24N2O2/c1-15(2)21-19(22)14-20-17-9-6-10-18(13-17)23-12-11-16-7-4-3-5-8-16/h3-10,13,15,20H,11-12,14H2,1-2H3,(H,21,22). The summed E-state index contributed by atoms with van der Waals surface area (Å²) in [4.78, 5) is 11.6. The van der Waals surface area contributed by atoms with Crippen molar-refractivity contribution in [3.8, 4) is 5.75 Å². The van der Waals surface area contributed by atoms with Gasteiger partial charge in [-0.15, -0.1) is 0 Å². The SMILES string of the molecule is CC(C)NC(=O)CNc1cccc(OCCc2ccccc2)c1. The van der Waals surface area contributed by atoms with Crippen molar-refractivity contribution in [1.82, 2.24) is 5.32 Å². The van der Waals surface area contributed by atoms with Crippen LogP contribution in [0.3, 0.4) is 0 Å². The third kappa shape index (κ3) is 6.43. The maximum absolute atomic E-state index is 11.6. The molecule has 0 aliphatic heterocycles. The summed E-state index contributed by atoms with van der Waals surface area (Å²) in [5, 5.41) is 5.95. The topological polar surface area (TPSA) is 50.4 Å². The van der Waals surface area contributed by atoms with Crippen molar-refractivity contribution < 1.29 is 9.53 Å². The van der Waals surface area contributed by atoms with Gasteiger partial charge in [0.05, 0.1) is 13.2 Å². The van der Waals surface area contributed by atoms with Gasteiger partial charge in [-0.2, -0.15) is 0 Å². The number of hydrogen-bond acceptors (Lipinski definition) is 3. The number of rotatable bonds is 8. The molecule has 0 spiro atoms. The molecule has 0 aromatic heterocycles. The summed E-state index contributed by atoms with van der Waals surface area (Å²) in [5.41, 5.74) is 2.13. The van der Waals surface area contributed by atoms with Crippen LogP contribution in [0.1, 0.15) is 19.4 Å². The Bertz CT molecular complexity index is 612. The van der Waals surface area contributed by atoms with E-state index in [9.17, 15) is 4.79 Å². The van der Waals surface area contributed by atoms with Crippen molar-refractivity contribution in [2.75, 3.05) is 18.5 Å². The molecule has 4 nitrogen and oxygen atoms in total. The van der Waals surface area contributed by atoms with Gasteiger partial charge in [-0.25, -0.2) is 0 Å². The number of benzene rings is 2. The van der Waals surface area contributed by atoms with Crippen LogP contribution in [0.25, 0.3) is 0 Å². The van der Waals surface area contributed by atoms with Crippen molar-refractivity contribution >= 4 is 11.6 Å². The highest BCUT2D eigenvalue weighted by Gasteiger charge is 2.03. The van der Waals surface area contributed by atoms with Crippen LogP contribution >= 0.6 is 0 Å². The van der Waals surface area contributed by atoms with E-state index in [1.54, 1.807) is 0 Å². The van der Waals surface area contributed by atoms with E-state index in [2.05, 4.69) is 22.8 Å². The van der Waals surface area contributed by atoms with Gasteiger partial charge in [0.25, 0.3) is 0 Å². The highest BCUT2D eigenvalue weighted by molar-refractivity contribution is 5.80. The lowest BCUT2D eigenvalue weighted by molar-refractivity contribution is -0.119. The Morgan fingerprint density at radius 3 is 2.61 bits per heavy atom. The van der Waals surface area contributed by atoms with Crippen LogP contribution in [0.4, 0.5) is 5.69 Å². The smallest absolute Gasteiger partial charge is 0.239 e. The van der Waals surface area contributed by atoms with Crippen LogP contribution < -0.4 is 15.4 Å². The van der Waals surface area contributed by atoms with Gasteiger partial charge >= 0.3 is 0 Å². The van der Waals surface area contributed by atoms with Gasteiger partial charge in [0.2, 0.25) is 5.91 Å². The summed E-state index contributed by atoms with van der Waals surface area (Å²) in [5.74, 6) is 0.783. The Morgan fingerprint density at radius 1 is 1.09 bits per heavy atom. The minimum atomic E-state index is -0.0181. The molecule has 0 saturated heterocycles. The number of carbonyl (C=O) groups excluding carboxylic acids is 1. The lowest BCUT2D eigenvalue weighted by Crippen LogP contribution is -2.34. The van der Waals surface area contributed by atoms with Crippen LogP contribution in [-0.4, -0.2) is 25.1 Å². The molecule has 2 N–H and O–H groups in total. The predicted octanol–water partition coefficient (Wildman–Crippen LogP) is 3.24. The Hall–Kier alpha value is -2.49. The lowest BCUT2D eigenvalue weighted by atomic mass is 10.2. The molecule has 0 saturated carbocycles. The Balaban J connectivity index is 1.79. The van der Waals surface area contributed by atoms with Gasteiger partial charge in [-0.1, -0.05) is 36.4 Å². The van der Waals surface area contributed by atoms with Gasteiger partial charge in [0.15, 0.2) is 0 Å². The minimum Gasteiger partial charge on any atom is -0.493 e. The molecule has 23 heavy (non-hydrogen) atoms. The van der Waals surface area contributed by atoms with Crippen molar-refractivity contribution in [2.45, 2.75) is 26.3 Å². The molecular formula is C19H24N2O2. The Kier molecular flexibility index (Phi) is 6.48. The molecule has 0 aliphatic carbocycles. The largest absolute Gasteiger partial charge is 0.493 e. The first-order valence-corrected chi connectivity index (χ1v) is 7.93. The second-order valence-corrected chi connectivity index (χ2v) is 5.69. The highest BCUT2D eigenvalue weighted by Crippen LogP contribution is 2.17. The molecular weight excluding hydrogens is 288 g/mol. The molecule has 0 atom stereocenters. The first-order valence-electron chi connectivity index (χ1n) is 7.93. The van der Waals surface area contributed by atoms with Crippen molar-refractivity contribution in [2.24, 2.45) is 0 Å². The summed E-state index contributed by atoms with van der Waals surface area (Å²) >= 11 is 0. The second kappa shape index (κ2) is 8.83. The molecule has 0 fully saturated rings. The number of nitrogens with one attached hydrogen (secondary N) is 2. The fourth-order valence-corrected chi connectivity index (χ4v) is 2.18. The molecule has 122 valence electrons. The summed E-state index contributed by atoms with van der Waals surface area (Å²) in [6, 6.07) is 18.1. The van der Waals surface area contributed by atoms with Crippen LogP contribution in [0.5, 0.6) is 5.75 Å². The van der Waals surface area contributed by atoms with Gasteiger partial charge in [-0.3, -0.25) is 4.79 Å². The van der Waals surface area contributed by atoms with Crippen LogP contribution in [0, 0.1) is 0 Å². The fourth-order valence-electron chi connectivity index (χ4n) is 2.18. The maximum Gasteiger partial charge on any atom is 0.239 e. The lowest BCUT2D eigenvalue weighted by Gasteiger charge is -2.11. The van der Waals surface area contributed by atoms with E-state index < -0.39 is 0 Å². The molecule has 4 heteroatoms. The van der Waals surface area contributed by atoms with Gasteiger partial charge in [0.1, 0.15) is 5.75 Å². The van der Waals surface area contributed by atoms with Gasteiger partial charge in [-0.05, 0) is 31.5 Å². The van der Waals surface area contributed by atoms with Crippen LogP contribution in [-0.2, 0) is 11.2 Å². The summed E-state index contributed by atoms with van der Waals surface area (Å²) in [6.45, 7) is 4.77. The molecule has 0 radical (unpaired) electrons. The Morgan fingerprint density at radius 2 is 1.87 bits per heavy atom. The summed E-state index contributed by atoms with van der Waals surface area (Å²) in [7, 11) is 0. The monoisotopic (exact) mass is 312 g/mol. The first kappa shape index (κ1) is 16.9. The molecule has 1 amide bonds. The van der Waals surface area contributed by atoms with Crippen LogP contribution in [0.15, 0.2) is 54.6 Å². The van der Waals surface area contributed by atoms with E-state index in [1.165, 1.54) is 5.56 Å². The molecule has 0 aliphatic rings. The number of anilines is 1.